The normalized spacial score (nSPS) is 10.6. The molecule has 0 amide bonds. The molecule has 0 spiro atoms. The molecule has 0 aliphatic heterocycles. The summed E-state index contributed by atoms with van der Waals surface area (Å²) in [6, 6.07) is 21.8. The zero-order chi connectivity index (χ0) is 20.8. The highest BCUT2D eigenvalue weighted by Gasteiger charge is 2.13. The van der Waals surface area contributed by atoms with Crippen LogP contribution in [0.3, 0.4) is 0 Å². The lowest BCUT2D eigenvalue weighted by Crippen LogP contribution is -2.18. The number of hydrogen-bond donors (Lipinski definition) is 0. The summed E-state index contributed by atoms with van der Waals surface area (Å²) in [5.74, 6) is 0.905. The Morgan fingerprint density at radius 3 is 2.17 bits per heavy atom. The van der Waals surface area contributed by atoms with Gasteiger partial charge in [-0.05, 0) is 54.3 Å². The molecule has 0 unspecified atom stereocenters. The Balaban J connectivity index is 1.59. The van der Waals surface area contributed by atoms with Crippen molar-refractivity contribution in [2.45, 2.75) is 26.7 Å². The number of rotatable bonds is 7. The van der Waals surface area contributed by atoms with E-state index in [9.17, 15) is 9.59 Å². The fourth-order valence-electron chi connectivity index (χ4n) is 2.90. The molecule has 0 saturated heterocycles. The number of ketones is 1. The third-order valence-electron chi connectivity index (χ3n) is 4.60. The van der Waals surface area contributed by atoms with E-state index in [1.807, 2.05) is 42.5 Å². The molecule has 4 heteroatoms. The SMILES string of the molecule is Cc1cc(C(=O)c2ccccc2)ccc1OC(=O)COc1ccc(C(C)C)cc1. The maximum Gasteiger partial charge on any atom is 0.349 e. The van der Waals surface area contributed by atoms with Gasteiger partial charge in [0.25, 0.3) is 0 Å². The lowest BCUT2D eigenvalue weighted by molar-refractivity contribution is -0.136. The smallest absolute Gasteiger partial charge is 0.349 e. The summed E-state index contributed by atoms with van der Waals surface area (Å²) in [7, 11) is 0. The summed E-state index contributed by atoms with van der Waals surface area (Å²) < 4.78 is 10.9. The van der Waals surface area contributed by atoms with Crippen molar-refractivity contribution in [2.24, 2.45) is 0 Å². The van der Waals surface area contributed by atoms with Crippen LogP contribution in [0.4, 0.5) is 0 Å². The van der Waals surface area contributed by atoms with Gasteiger partial charge in [0.05, 0.1) is 0 Å². The molecule has 0 aliphatic carbocycles. The minimum atomic E-state index is -0.497. The average Bonchev–Trinajstić information content (AvgIpc) is 2.74. The van der Waals surface area contributed by atoms with Gasteiger partial charge in [-0.1, -0.05) is 56.3 Å². The van der Waals surface area contributed by atoms with Crippen molar-refractivity contribution in [3.05, 3.63) is 95.1 Å². The molecule has 0 aliphatic rings. The zero-order valence-electron chi connectivity index (χ0n) is 16.8. The molecule has 0 fully saturated rings. The summed E-state index contributed by atoms with van der Waals surface area (Å²) in [5.41, 5.74) is 3.09. The van der Waals surface area contributed by atoms with Crippen LogP contribution in [-0.2, 0) is 4.79 Å². The molecule has 3 aromatic carbocycles. The second-order valence-corrected chi connectivity index (χ2v) is 7.16. The number of benzene rings is 3. The minimum absolute atomic E-state index is 0.0697. The van der Waals surface area contributed by atoms with Crippen molar-refractivity contribution in [2.75, 3.05) is 6.61 Å². The predicted molar refractivity (Wildman–Crippen MR) is 113 cm³/mol. The standard InChI is InChI=1S/C25H24O4/c1-17(2)19-9-12-22(13-10-19)28-16-24(26)29-23-14-11-21(15-18(23)3)25(27)20-7-5-4-6-8-20/h4-15,17H,16H2,1-3H3. The largest absolute Gasteiger partial charge is 0.482 e. The minimum Gasteiger partial charge on any atom is -0.482 e. The maximum atomic E-state index is 12.5. The number of esters is 1. The Labute approximate surface area is 171 Å². The van der Waals surface area contributed by atoms with E-state index in [-0.39, 0.29) is 12.4 Å². The number of hydrogen-bond acceptors (Lipinski definition) is 4. The molecule has 0 radical (unpaired) electrons. The van der Waals surface area contributed by atoms with Crippen LogP contribution in [0, 0.1) is 6.92 Å². The second kappa shape index (κ2) is 9.20. The molecule has 148 valence electrons. The van der Waals surface area contributed by atoms with Crippen LogP contribution < -0.4 is 9.47 Å². The van der Waals surface area contributed by atoms with Gasteiger partial charge in [0.15, 0.2) is 12.4 Å². The first-order chi connectivity index (χ1) is 13.9. The molecule has 0 saturated carbocycles. The van der Waals surface area contributed by atoms with Crippen molar-refractivity contribution < 1.29 is 19.1 Å². The number of aryl methyl sites for hydroxylation is 1. The summed E-state index contributed by atoms with van der Waals surface area (Å²) in [5, 5.41) is 0. The Bertz CT molecular complexity index is 989. The molecule has 0 aromatic heterocycles. The van der Waals surface area contributed by atoms with Crippen LogP contribution in [0.5, 0.6) is 11.5 Å². The van der Waals surface area contributed by atoms with Crippen LogP contribution in [0.1, 0.15) is 46.8 Å². The molecule has 3 rings (SSSR count). The summed E-state index contributed by atoms with van der Waals surface area (Å²) in [6.45, 7) is 5.85. The molecule has 4 nitrogen and oxygen atoms in total. The van der Waals surface area contributed by atoms with E-state index in [2.05, 4.69) is 13.8 Å². The predicted octanol–water partition coefficient (Wildman–Crippen LogP) is 5.33. The van der Waals surface area contributed by atoms with E-state index in [0.29, 0.717) is 34.1 Å². The van der Waals surface area contributed by atoms with Crippen molar-refractivity contribution in [1.29, 1.82) is 0 Å². The average molecular weight is 388 g/mol. The van der Waals surface area contributed by atoms with Gasteiger partial charge in [0, 0.05) is 11.1 Å². The first-order valence-electron chi connectivity index (χ1n) is 9.58. The van der Waals surface area contributed by atoms with E-state index >= 15 is 0 Å². The Morgan fingerprint density at radius 2 is 1.55 bits per heavy atom. The monoisotopic (exact) mass is 388 g/mol. The summed E-state index contributed by atoms with van der Waals surface area (Å²) in [4.78, 5) is 24.7. The molecule has 0 bridgehead atoms. The van der Waals surface area contributed by atoms with E-state index in [1.165, 1.54) is 5.56 Å². The lowest BCUT2D eigenvalue weighted by Gasteiger charge is -2.11. The van der Waals surface area contributed by atoms with Crippen LogP contribution in [-0.4, -0.2) is 18.4 Å². The number of carbonyl (C=O) groups excluding carboxylic acids is 2. The molecule has 0 atom stereocenters. The van der Waals surface area contributed by atoms with Crippen molar-refractivity contribution in [3.8, 4) is 11.5 Å². The Hall–Kier alpha value is -3.40. The third-order valence-corrected chi connectivity index (χ3v) is 4.60. The lowest BCUT2D eigenvalue weighted by atomic mass is 10.0. The van der Waals surface area contributed by atoms with Gasteiger partial charge in [0.2, 0.25) is 0 Å². The number of ether oxygens (including phenoxy) is 2. The van der Waals surface area contributed by atoms with Gasteiger partial charge in [-0.25, -0.2) is 4.79 Å². The van der Waals surface area contributed by atoms with Crippen molar-refractivity contribution >= 4 is 11.8 Å². The van der Waals surface area contributed by atoms with E-state index in [0.717, 1.165) is 0 Å². The van der Waals surface area contributed by atoms with Gasteiger partial charge in [-0.3, -0.25) is 4.79 Å². The zero-order valence-corrected chi connectivity index (χ0v) is 16.8. The van der Waals surface area contributed by atoms with E-state index in [1.54, 1.807) is 37.3 Å². The van der Waals surface area contributed by atoms with E-state index in [4.69, 9.17) is 9.47 Å². The molecular formula is C25H24O4. The highest BCUT2D eigenvalue weighted by Crippen LogP contribution is 2.22. The third kappa shape index (κ3) is 5.32. The number of carbonyl (C=O) groups is 2. The molecule has 0 N–H and O–H groups in total. The van der Waals surface area contributed by atoms with Crippen LogP contribution in [0.25, 0.3) is 0 Å². The molecule has 0 heterocycles. The van der Waals surface area contributed by atoms with Crippen LogP contribution in [0.15, 0.2) is 72.8 Å². The Kier molecular flexibility index (Phi) is 6.45. The topological polar surface area (TPSA) is 52.6 Å². The van der Waals surface area contributed by atoms with Crippen LogP contribution >= 0.6 is 0 Å². The summed E-state index contributed by atoms with van der Waals surface area (Å²) in [6.07, 6.45) is 0. The second-order valence-electron chi connectivity index (χ2n) is 7.16. The fraction of sp³-hybridized carbons (Fsp3) is 0.200. The molecular weight excluding hydrogens is 364 g/mol. The molecule has 3 aromatic rings. The first kappa shape index (κ1) is 20.3. The van der Waals surface area contributed by atoms with Crippen molar-refractivity contribution in [3.63, 3.8) is 0 Å². The quantitative estimate of drug-likeness (QED) is 0.312. The van der Waals surface area contributed by atoms with Gasteiger partial charge >= 0.3 is 5.97 Å². The van der Waals surface area contributed by atoms with Gasteiger partial charge in [0.1, 0.15) is 11.5 Å². The van der Waals surface area contributed by atoms with Crippen molar-refractivity contribution in [1.82, 2.24) is 0 Å². The first-order valence-corrected chi connectivity index (χ1v) is 9.58. The maximum absolute atomic E-state index is 12.5. The van der Waals surface area contributed by atoms with Gasteiger partial charge in [-0.15, -0.1) is 0 Å². The summed E-state index contributed by atoms with van der Waals surface area (Å²) >= 11 is 0. The Morgan fingerprint density at radius 1 is 0.862 bits per heavy atom. The van der Waals surface area contributed by atoms with E-state index < -0.39 is 5.97 Å². The van der Waals surface area contributed by atoms with Gasteiger partial charge in [-0.2, -0.15) is 0 Å². The molecule has 29 heavy (non-hydrogen) atoms. The highest BCUT2D eigenvalue weighted by molar-refractivity contribution is 6.09. The fourth-order valence-corrected chi connectivity index (χ4v) is 2.90. The van der Waals surface area contributed by atoms with Crippen LogP contribution in [0.2, 0.25) is 0 Å². The highest BCUT2D eigenvalue weighted by atomic mass is 16.6. The van der Waals surface area contributed by atoms with Gasteiger partial charge < -0.3 is 9.47 Å².